The van der Waals surface area contributed by atoms with Crippen molar-refractivity contribution in [3.05, 3.63) is 60.2 Å². The van der Waals surface area contributed by atoms with Crippen molar-refractivity contribution in [2.45, 2.75) is 70.4 Å². The predicted molar refractivity (Wildman–Crippen MR) is 143 cm³/mol. The Labute approximate surface area is 218 Å². The highest BCUT2D eigenvalue weighted by Crippen LogP contribution is 2.39. The van der Waals surface area contributed by atoms with Crippen LogP contribution in [0.4, 0.5) is 4.39 Å². The third-order valence-corrected chi connectivity index (χ3v) is 8.47. The summed E-state index contributed by atoms with van der Waals surface area (Å²) in [5.41, 5.74) is 1.80. The van der Waals surface area contributed by atoms with Gasteiger partial charge in [-0.25, -0.2) is 9.37 Å². The Morgan fingerprint density at radius 3 is 2.68 bits per heavy atom. The van der Waals surface area contributed by atoms with Crippen LogP contribution in [0.2, 0.25) is 0 Å². The van der Waals surface area contributed by atoms with Gasteiger partial charge in [-0.05, 0) is 87.5 Å². The van der Waals surface area contributed by atoms with Gasteiger partial charge in [-0.2, -0.15) is 0 Å². The molecule has 7 heteroatoms. The summed E-state index contributed by atoms with van der Waals surface area (Å²) in [7, 11) is 1.79. The molecule has 6 nitrogen and oxygen atoms in total. The van der Waals surface area contributed by atoms with Crippen molar-refractivity contribution in [3.8, 4) is 5.82 Å². The molecule has 0 bridgehead atoms. The number of likely N-dealkylation sites (N-methyl/N-ethyl adjacent to an activating group) is 1. The van der Waals surface area contributed by atoms with E-state index in [-0.39, 0.29) is 41.4 Å². The molecule has 0 spiro atoms. The molecule has 5 rings (SSSR count). The van der Waals surface area contributed by atoms with Crippen molar-refractivity contribution < 1.29 is 14.0 Å². The van der Waals surface area contributed by atoms with Crippen LogP contribution in [-0.4, -0.2) is 45.8 Å². The molecule has 3 atom stereocenters. The number of hydrogen-bond donors (Lipinski definition) is 1. The molecule has 3 unspecified atom stereocenters. The van der Waals surface area contributed by atoms with Crippen LogP contribution in [0.5, 0.6) is 0 Å². The van der Waals surface area contributed by atoms with Crippen LogP contribution in [0, 0.1) is 17.7 Å². The van der Waals surface area contributed by atoms with Crippen molar-refractivity contribution in [3.63, 3.8) is 0 Å². The smallest absolute Gasteiger partial charge is 0.226 e. The van der Waals surface area contributed by atoms with Gasteiger partial charge in [0.2, 0.25) is 5.91 Å². The first-order valence-electron chi connectivity index (χ1n) is 13.7. The van der Waals surface area contributed by atoms with Crippen LogP contribution >= 0.6 is 0 Å². The molecule has 3 heterocycles. The maximum Gasteiger partial charge on any atom is 0.226 e. The molecular formula is C30H37FN4O2. The van der Waals surface area contributed by atoms with Gasteiger partial charge in [-0.3, -0.25) is 9.59 Å². The number of fused-ring (bicyclic) bond motifs is 1. The van der Waals surface area contributed by atoms with Crippen LogP contribution in [0.25, 0.3) is 16.7 Å². The van der Waals surface area contributed by atoms with E-state index in [1.165, 1.54) is 18.6 Å². The first-order valence-corrected chi connectivity index (χ1v) is 13.7. The van der Waals surface area contributed by atoms with E-state index in [4.69, 9.17) is 0 Å². The van der Waals surface area contributed by atoms with E-state index in [0.717, 1.165) is 55.0 Å². The lowest BCUT2D eigenvalue weighted by atomic mass is 9.76. The number of carbonyl (C=O) groups is 2. The Hall–Kier alpha value is -3.06. The van der Waals surface area contributed by atoms with Gasteiger partial charge in [0.15, 0.2) is 0 Å². The zero-order chi connectivity index (χ0) is 25.9. The number of carbonyl (C=O) groups excluding carboxylic acids is 2. The number of pyridine rings is 1. The fourth-order valence-electron chi connectivity index (χ4n) is 6.21. The van der Waals surface area contributed by atoms with E-state index in [0.29, 0.717) is 18.8 Å². The second kappa shape index (κ2) is 11.1. The normalized spacial score (nSPS) is 20.3. The lowest BCUT2D eigenvalue weighted by Gasteiger charge is -2.35. The molecule has 2 aromatic heterocycles. The van der Waals surface area contributed by atoms with Gasteiger partial charge in [0, 0.05) is 36.7 Å². The minimum Gasteiger partial charge on any atom is -0.335 e. The number of hydrogen-bond acceptors (Lipinski definition) is 4. The van der Waals surface area contributed by atoms with E-state index < -0.39 is 0 Å². The topological polar surface area (TPSA) is 67.2 Å². The third-order valence-electron chi connectivity index (χ3n) is 8.47. The van der Waals surface area contributed by atoms with Crippen molar-refractivity contribution in [2.75, 3.05) is 13.6 Å². The summed E-state index contributed by atoms with van der Waals surface area (Å²) in [5, 5.41) is 3.99. The Morgan fingerprint density at radius 1 is 1.08 bits per heavy atom. The number of likely N-dealkylation sites (tertiary alicyclic amines) is 1. The number of nitrogens with zero attached hydrogens (tertiary/aromatic N) is 3. The van der Waals surface area contributed by atoms with Crippen LogP contribution in [0.1, 0.15) is 69.9 Å². The van der Waals surface area contributed by atoms with Crippen molar-refractivity contribution >= 4 is 22.6 Å². The monoisotopic (exact) mass is 504 g/mol. The Bertz CT molecular complexity index is 1270. The van der Waals surface area contributed by atoms with Crippen LogP contribution in [0.15, 0.2) is 48.8 Å². The number of ketones is 1. The summed E-state index contributed by atoms with van der Waals surface area (Å²) in [4.78, 5) is 33.6. The summed E-state index contributed by atoms with van der Waals surface area (Å²) in [6.45, 7) is 2.58. The second-order valence-corrected chi connectivity index (χ2v) is 10.7. The van der Waals surface area contributed by atoms with Gasteiger partial charge in [0.1, 0.15) is 17.4 Å². The quantitative estimate of drug-likeness (QED) is 0.434. The Kier molecular flexibility index (Phi) is 7.70. The molecule has 1 saturated carbocycles. The molecule has 37 heavy (non-hydrogen) atoms. The molecule has 0 radical (unpaired) electrons. The molecule has 1 aliphatic heterocycles. The third kappa shape index (κ3) is 5.33. The van der Waals surface area contributed by atoms with Crippen LogP contribution < -0.4 is 5.32 Å². The first kappa shape index (κ1) is 25.6. The fraction of sp³-hybridized carbons (Fsp3) is 0.500. The molecule has 1 aromatic carbocycles. The van der Waals surface area contributed by atoms with Crippen LogP contribution in [-0.2, 0) is 9.59 Å². The number of rotatable bonds is 8. The summed E-state index contributed by atoms with van der Waals surface area (Å²) in [6, 6.07) is 10.4. The number of halogens is 1. The maximum absolute atomic E-state index is 14.1. The van der Waals surface area contributed by atoms with Crippen molar-refractivity contribution in [1.82, 2.24) is 19.8 Å². The highest BCUT2D eigenvalue weighted by Gasteiger charge is 2.39. The number of aromatic nitrogens is 2. The molecule has 3 aromatic rings. The van der Waals surface area contributed by atoms with Gasteiger partial charge in [0.05, 0.1) is 17.6 Å². The predicted octanol–water partition coefficient (Wildman–Crippen LogP) is 5.59. The maximum atomic E-state index is 14.1. The van der Waals surface area contributed by atoms with Crippen molar-refractivity contribution in [1.29, 1.82) is 0 Å². The highest BCUT2D eigenvalue weighted by molar-refractivity contribution is 5.90. The molecule has 1 amide bonds. The number of nitrogens with one attached hydrogen (secondary N) is 1. The van der Waals surface area contributed by atoms with E-state index in [2.05, 4.69) is 10.3 Å². The van der Waals surface area contributed by atoms with Gasteiger partial charge >= 0.3 is 0 Å². The molecule has 1 N–H and O–H groups in total. The lowest BCUT2D eigenvalue weighted by Crippen LogP contribution is -2.42. The van der Waals surface area contributed by atoms with Gasteiger partial charge in [-0.15, -0.1) is 0 Å². The molecular weight excluding hydrogens is 467 g/mol. The molecule has 1 aliphatic carbocycles. The number of amides is 1. The van der Waals surface area contributed by atoms with Gasteiger partial charge in [-0.1, -0.05) is 19.3 Å². The molecule has 2 fully saturated rings. The zero-order valence-corrected chi connectivity index (χ0v) is 21.8. The largest absolute Gasteiger partial charge is 0.335 e. The average Bonchev–Trinajstić information content (AvgIpc) is 3.59. The van der Waals surface area contributed by atoms with Crippen LogP contribution in [0.3, 0.4) is 0 Å². The lowest BCUT2D eigenvalue weighted by molar-refractivity contribution is -0.141. The second-order valence-electron chi connectivity index (χ2n) is 10.7. The highest BCUT2D eigenvalue weighted by atomic mass is 19.1. The van der Waals surface area contributed by atoms with Gasteiger partial charge < -0.3 is 14.8 Å². The summed E-state index contributed by atoms with van der Waals surface area (Å²) < 4.78 is 15.9. The average molecular weight is 505 g/mol. The fourth-order valence-corrected chi connectivity index (χ4v) is 6.21. The number of Topliss-reactive ketones (excluding diaryl/α,β-unsaturated/α-hetero) is 1. The van der Waals surface area contributed by atoms with E-state index >= 15 is 0 Å². The summed E-state index contributed by atoms with van der Waals surface area (Å²) in [5.74, 6) is 0.663. The Morgan fingerprint density at radius 2 is 1.89 bits per heavy atom. The van der Waals surface area contributed by atoms with Gasteiger partial charge in [0.25, 0.3) is 0 Å². The zero-order valence-electron chi connectivity index (χ0n) is 21.8. The minimum atomic E-state index is -0.285. The van der Waals surface area contributed by atoms with E-state index in [1.807, 2.05) is 40.8 Å². The Balaban J connectivity index is 1.42. The minimum absolute atomic E-state index is 0.0456. The standard InChI is InChI=1S/C30H37FN4O2/c1-20(32-2)28(36)19-25(21-7-4-3-5-8-21)30(37)35-15-6-9-26(35)23-12-14-33-29(17-23)34-16-13-22-10-11-24(31)18-27(22)34/h10-14,16-18,20-21,25-26,32H,3-9,15,19H2,1-2H3. The summed E-state index contributed by atoms with van der Waals surface area (Å²) in [6.07, 6.45) is 11.3. The number of benzene rings is 1. The van der Waals surface area contributed by atoms with E-state index in [9.17, 15) is 14.0 Å². The summed E-state index contributed by atoms with van der Waals surface area (Å²) >= 11 is 0. The molecule has 1 saturated heterocycles. The van der Waals surface area contributed by atoms with E-state index in [1.54, 1.807) is 19.3 Å². The molecule has 2 aliphatic rings. The molecule has 196 valence electrons. The SMILES string of the molecule is CNC(C)C(=O)CC(C(=O)N1CCCC1c1ccnc(-n2ccc3ccc(F)cc32)c1)C1CCCCC1. The first-order chi connectivity index (χ1) is 18.0. The van der Waals surface area contributed by atoms with Crippen molar-refractivity contribution in [2.24, 2.45) is 11.8 Å².